The fraction of sp³-hybridized carbons (Fsp3) is 0.233. The van der Waals surface area contributed by atoms with Crippen molar-refractivity contribution in [1.29, 1.82) is 0 Å². The number of ether oxygens (including phenoxy) is 2. The number of nitrogens with zero attached hydrogens (tertiary/aromatic N) is 3. The van der Waals surface area contributed by atoms with E-state index in [2.05, 4.69) is 13.8 Å². The summed E-state index contributed by atoms with van der Waals surface area (Å²) in [5, 5.41) is 6.46. The summed E-state index contributed by atoms with van der Waals surface area (Å²) in [6, 6.07) is 23.7. The Morgan fingerprint density at radius 2 is 1.69 bits per heavy atom. The molecule has 0 spiro atoms. The molecule has 0 atom stereocenters. The second-order valence-electron chi connectivity index (χ2n) is 8.78. The lowest BCUT2D eigenvalue weighted by Gasteiger charge is -2.32. The molecule has 0 amide bonds. The summed E-state index contributed by atoms with van der Waals surface area (Å²) in [6.07, 6.45) is 1.91. The van der Waals surface area contributed by atoms with E-state index in [0.717, 1.165) is 22.5 Å². The van der Waals surface area contributed by atoms with Crippen molar-refractivity contribution in [3.05, 3.63) is 101 Å². The number of hydrogen-bond donors (Lipinski definition) is 0. The Balaban J connectivity index is 1.94. The van der Waals surface area contributed by atoms with Crippen LogP contribution in [-0.2, 0) is 20.9 Å². The topological polar surface area (TPSA) is 64.0 Å². The minimum absolute atomic E-state index is 0.181. The van der Waals surface area contributed by atoms with E-state index in [9.17, 15) is 4.79 Å². The molecule has 0 saturated carbocycles. The molecular weight excluding hydrogens is 450 g/mol. The van der Waals surface area contributed by atoms with E-state index in [1.54, 1.807) is 5.01 Å². The number of pyridine rings is 1. The number of hydrogen-bond acceptors (Lipinski definition) is 6. The number of benzene rings is 2. The van der Waals surface area contributed by atoms with Crippen molar-refractivity contribution in [3.8, 4) is 11.3 Å². The van der Waals surface area contributed by atoms with Crippen LogP contribution in [0, 0.1) is 5.92 Å². The van der Waals surface area contributed by atoms with Crippen LogP contribution in [0.2, 0.25) is 0 Å². The van der Waals surface area contributed by atoms with Gasteiger partial charge in [-0.2, -0.15) is 5.10 Å². The number of allylic oxidation sites excluding steroid dienone is 1. The zero-order chi connectivity index (χ0) is 25.7. The molecule has 0 unspecified atom stereocenters. The molecule has 2 heterocycles. The molecule has 0 radical (unpaired) electrons. The lowest BCUT2D eigenvalue weighted by atomic mass is 9.99. The number of carbonyl (C=O) groups excluding carboxylic acids is 1. The molecule has 6 nitrogen and oxygen atoms in total. The summed E-state index contributed by atoms with van der Waals surface area (Å²) in [5.41, 5.74) is 5.98. The average molecular weight is 482 g/mol. The van der Waals surface area contributed by atoms with Crippen LogP contribution in [0.5, 0.6) is 0 Å². The quantitative estimate of drug-likeness (QED) is 0.284. The molecule has 4 rings (SSSR count). The number of rotatable bonds is 7. The smallest absolute Gasteiger partial charge is 0.360 e. The first-order valence-electron chi connectivity index (χ1n) is 12.0. The van der Waals surface area contributed by atoms with Gasteiger partial charge in [0.05, 0.1) is 18.5 Å². The maximum Gasteiger partial charge on any atom is 0.360 e. The summed E-state index contributed by atoms with van der Waals surface area (Å²) in [5.74, 6) is 0.0370. The number of fused-ring (bicyclic) bond motifs is 1. The van der Waals surface area contributed by atoms with E-state index in [1.165, 1.54) is 7.11 Å². The Labute approximate surface area is 212 Å². The Hall–Kier alpha value is -4.19. The Bertz CT molecular complexity index is 1330. The maximum absolute atomic E-state index is 13.2. The molecule has 2 aromatic carbocycles. The summed E-state index contributed by atoms with van der Waals surface area (Å²) in [7, 11) is 1.36. The zero-order valence-corrected chi connectivity index (χ0v) is 21.4. The number of aromatic nitrogens is 1. The van der Waals surface area contributed by atoms with E-state index in [-0.39, 0.29) is 18.2 Å². The number of methoxy groups -OCH3 is 1. The Morgan fingerprint density at radius 1 is 1.03 bits per heavy atom. The highest BCUT2D eigenvalue weighted by Gasteiger charge is 2.36. The fourth-order valence-electron chi connectivity index (χ4n) is 3.84. The molecule has 0 saturated heterocycles. The van der Waals surface area contributed by atoms with E-state index in [1.807, 2.05) is 92.7 Å². The van der Waals surface area contributed by atoms with Crippen molar-refractivity contribution in [1.82, 2.24) is 9.99 Å². The first-order valence-corrected chi connectivity index (χ1v) is 12.0. The van der Waals surface area contributed by atoms with Gasteiger partial charge in [-0.25, -0.2) is 14.8 Å². The van der Waals surface area contributed by atoms with E-state index >= 15 is 0 Å². The molecule has 1 aromatic heterocycles. The van der Waals surface area contributed by atoms with Crippen LogP contribution in [0.15, 0.2) is 89.7 Å². The van der Waals surface area contributed by atoms with Gasteiger partial charge in [0.25, 0.3) is 0 Å². The van der Waals surface area contributed by atoms with Crippen LogP contribution in [0.3, 0.4) is 0 Å². The standard InChI is InChI=1S/C30H31N3O3/c1-6-26-27-24(17-18-25(31-27)23-15-11-8-12-16-23)29(36-19-22-13-9-7-10-14-22)28(30(34)35-5)33(26)32-21(4)20(2)3/h6-18,20H,19H2,1-5H3/b26-6+,32-21+. The van der Waals surface area contributed by atoms with Crippen molar-refractivity contribution in [3.63, 3.8) is 0 Å². The van der Waals surface area contributed by atoms with Crippen molar-refractivity contribution >= 4 is 23.1 Å². The van der Waals surface area contributed by atoms with Crippen molar-refractivity contribution in [2.45, 2.75) is 34.3 Å². The van der Waals surface area contributed by atoms with E-state index in [0.29, 0.717) is 22.7 Å². The van der Waals surface area contributed by atoms with Crippen molar-refractivity contribution < 1.29 is 14.3 Å². The molecule has 0 fully saturated rings. The van der Waals surface area contributed by atoms with Gasteiger partial charge < -0.3 is 9.47 Å². The lowest BCUT2D eigenvalue weighted by molar-refractivity contribution is -0.137. The SMILES string of the molecule is C/C=C1\c2nc(-c3ccccc3)ccc2C(OCc2ccccc2)=C(C(=O)OC)N1/N=C(\C)C(C)C. The highest BCUT2D eigenvalue weighted by molar-refractivity contribution is 6.01. The Kier molecular flexibility index (Phi) is 7.64. The average Bonchev–Trinajstić information content (AvgIpc) is 2.91. The highest BCUT2D eigenvalue weighted by Crippen LogP contribution is 2.40. The molecule has 0 aliphatic carbocycles. The van der Waals surface area contributed by atoms with Gasteiger partial charge >= 0.3 is 5.97 Å². The maximum atomic E-state index is 13.2. The number of hydrazone groups is 1. The first-order chi connectivity index (χ1) is 17.4. The van der Waals surface area contributed by atoms with Gasteiger partial charge in [0.1, 0.15) is 12.3 Å². The second kappa shape index (κ2) is 11.0. The Morgan fingerprint density at radius 3 is 2.31 bits per heavy atom. The van der Waals surface area contributed by atoms with E-state index in [4.69, 9.17) is 19.6 Å². The third-order valence-electron chi connectivity index (χ3n) is 6.08. The molecule has 0 N–H and O–H groups in total. The van der Waals surface area contributed by atoms with Gasteiger partial charge in [0, 0.05) is 16.8 Å². The monoisotopic (exact) mass is 481 g/mol. The van der Waals surface area contributed by atoms with Crippen LogP contribution in [-0.4, -0.2) is 28.8 Å². The molecule has 184 valence electrons. The largest absolute Gasteiger partial charge is 0.486 e. The molecule has 0 bridgehead atoms. The highest BCUT2D eigenvalue weighted by atomic mass is 16.5. The zero-order valence-electron chi connectivity index (χ0n) is 21.4. The first kappa shape index (κ1) is 24.9. The molecular formula is C30H31N3O3. The summed E-state index contributed by atoms with van der Waals surface area (Å²) in [4.78, 5) is 18.2. The minimum Gasteiger partial charge on any atom is -0.486 e. The normalized spacial score (nSPS) is 14.8. The third-order valence-corrected chi connectivity index (χ3v) is 6.08. The summed E-state index contributed by atoms with van der Waals surface area (Å²) >= 11 is 0. The van der Waals surface area contributed by atoms with Crippen LogP contribution in [0.25, 0.3) is 22.7 Å². The lowest BCUT2D eigenvalue weighted by Crippen LogP contribution is -2.31. The van der Waals surface area contributed by atoms with E-state index < -0.39 is 5.97 Å². The fourth-order valence-corrected chi connectivity index (χ4v) is 3.84. The molecule has 6 heteroatoms. The minimum atomic E-state index is -0.532. The molecule has 1 aliphatic heterocycles. The van der Waals surface area contributed by atoms with Gasteiger partial charge in [0.15, 0.2) is 11.5 Å². The second-order valence-corrected chi connectivity index (χ2v) is 8.78. The molecule has 3 aromatic rings. The van der Waals surface area contributed by atoms with Crippen LogP contribution in [0.1, 0.15) is 44.5 Å². The van der Waals surface area contributed by atoms with Crippen LogP contribution < -0.4 is 0 Å². The van der Waals surface area contributed by atoms with Crippen LogP contribution >= 0.6 is 0 Å². The van der Waals surface area contributed by atoms with Gasteiger partial charge in [-0.05, 0) is 37.5 Å². The van der Waals surface area contributed by atoms with Gasteiger partial charge in [-0.1, -0.05) is 80.6 Å². The summed E-state index contributed by atoms with van der Waals surface area (Å²) in [6.45, 7) is 8.26. The van der Waals surface area contributed by atoms with Gasteiger partial charge in [-0.3, -0.25) is 0 Å². The third kappa shape index (κ3) is 5.08. The van der Waals surface area contributed by atoms with Gasteiger partial charge in [-0.15, -0.1) is 0 Å². The number of carbonyl (C=O) groups is 1. The number of esters is 1. The van der Waals surface area contributed by atoms with Crippen molar-refractivity contribution in [2.24, 2.45) is 11.0 Å². The van der Waals surface area contributed by atoms with Crippen LogP contribution in [0.4, 0.5) is 0 Å². The van der Waals surface area contributed by atoms with Crippen molar-refractivity contribution in [2.75, 3.05) is 7.11 Å². The molecule has 36 heavy (non-hydrogen) atoms. The predicted octanol–water partition coefficient (Wildman–Crippen LogP) is 6.52. The molecule has 1 aliphatic rings. The van der Waals surface area contributed by atoms with Gasteiger partial charge in [0.2, 0.25) is 0 Å². The predicted molar refractivity (Wildman–Crippen MR) is 143 cm³/mol. The summed E-state index contributed by atoms with van der Waals surface area (Å²) < 4.78 is 11.6.